The minimum Gasteiger partial charge on any atom is -0.490 e. The number of hydrogen-bond acceptors (Lipinski definition) is 4. The highest BCUT2D eigenvalue weighted by molar-refractivity contribution is 9.10. The van der Waals surface area contributed by atoms with E-state index < -0.39 is 6.10 Å². The van der Waals surface area contributed by atoms with Crippen LogP contribution in [0.15, 0.2) is 22.7 Å². The number of benzene rings is 1. The summed E-state index contributed by atoms with van der Waals surface area (Å²) >= 11 is 3.45. The molecule has 19 heavy (non-hydrogen) atoms. The van der Waals surface area contributed by atoms with Gasteiger partial charge in [0.2, 0.25) is 0 Å². The van der Waals surface area contributed by atoms with Crippen LogP contribution in [0, 0.1) is 6.92 Å². The van der Waals surface area contributed by atoms with Crippen LogP contribution in [0.3, 0.4) is 0 Å². The van der Waals surface area contributed by atoms with Gasteiger partial charge in [-0.1, -0.05) is 6.07 Å². The van der Waals surface area contributed by atoms with Gasteiger partial charge in [-0.15, -0.1) is 0 Å². The van der Waals surface area contributed by atoms with Crippen molar-refractivity contribution in [2.24, 2.45) is 0 Å². The van der Waals surface area contributed by atoms with E-state index in [1.165, 1.54) is 5.56 Å². The van der Waals surface area contributed by atoms with Crippen molar-refractivity contribution >= 4 is 15.9 Å². The van der Waals surface area contributed by atoms with E-state index in [-0.39, 0.29) is 6.61 Å². The van der Waals surface area contributed by atoms with Crippen LogP contribution >= 0.6 is 15.9 Å². The second-order valence-corrected chi connectivity index (χ2v) is 5.72. The maximum atomic E-state index is 9.87. The quantitative estimate of drug-likeness (QED) is 0.836. The molecule has 1 saturated heterocycles. The molecule has 0 saturated carbocycles. The average molecular weight is 330 g/mol. The van der Waals surface area contributed by atoms with E-state index in [4.69, 9.17) is 9.47 Å². The van der Waals surface area contributed by atoms with Gasteiger partial charge in [0, 0.05) is 19.2 Å². The number of hydrogen-bond donors (Lipinski definition) is 2. The van der Waals surface area contributed by atoms with Gasteiger partial charge in [-0.05, 0) is 47.0 Å². The average Bonchev–Trinajstić information content (AvgIpc) is 2.88. The Labute approximate surface area is 122 Å². The van der Waals surface area contributed by atoms with Gasteiger partial charge in [0.1, 0.15) is 18.5 Å². The lowest BCUT2D eigenvalue weighted by molar-refractivity contribution is 0.102. The zero-order chi connectivity index (χ0) is 13.7. The Morgan fingerprint density at radius 2 is 2.42 bits per heavy atom. The van der Waals surface area contributed by atoms with Crippen LogP contribution in [0.1, 0.15) is 12.0 Å². The molecule has 1 aliphatic heterocycles. The third kappa shape index (κ3) is 4.76. The Bertz CT molecular complexity index is 408. The first kappa shape index (κ1) is 14.8. The van der Waals surface area contributed by atoms with Gasteiger partial charge in [0.25, 0.3) is 0 Å². The van der Waals surface area contributed by atoms with Crippen LogP contribution < -0.4 is 10.1 Å². The predicted octanol–water partition coefficient (Wildman–Crippen LogP) is 1.88. The topological polar surface area (TPSA) is 50.7 Å². The molecular weight excluding hydrogens is 310 g/mol. The van der Waals surface area contributed by atoms with Gasteiger partial charge >= 0.3 is 0 Å². The van der Waals surface area contributed by atoms with E-state index >= 15 is 0 Å². The standard InChI is InChI=1S/C14H20BrNO3/c1-10-2-3-14(13(15)6-10)19-9-12(17)7-16-11-4-5-18-8-11/h2-3,6,11-12,16-17H,4-5,7-9H2,1H3. The second-order valence-electron chi connectivity index (χ2n) is 4.87. The summed E-state index contributed by atoms with van der Waals surface area (Å²) in [7, 11) is 0. The lowest BCUT2D eigenvalue weighted by atomic mass is 10.2. The molecule has 1 aliphatic rings. The SMILES string of the molecule is Cc1ccc(OCC(O)CNC2CCOC2)c(Br)c1. The number of ether oxygens (including phenoxy) is 2. The van der Waals surface area contributed by atoms with Crippen LogP contribution in [-0.2, 0) is 4.74 Å². The van der Waals surface area contributed by atoms with Crippen molar-refractivity contribution in [2.75, 3.05) is 26.4 Å². The smallest absolute Gasteiger partial charge is 0.133 e. The summed E-state index contributed by atoms with van der Waals surface area (Å²) in [5.41, 5.74) is 1.17. The fourth-order valence-corrected chi connectivity index (χ4v) is 2.57. The van der Waals surface area contributed by atoms with E-state index in [1.807, 2.05) is 25.1 Å². The van der Waals surface area contributed by atoms with Crippen molar-refractivity contribution < 1.29 is 14.6 Å². The highest BCUT2D eigenvalue weighted by Gasteiger charge is 2.16. The summed E-state index contributed by atoms with van der Waals surface area (Å²) in [5, 5.41) is 13.1. The molecule has 2 unspecified atom stereocenters. The molecule has 1 aromatic carbocycles. The van der Waals surface area contributed by atoms with Gasteiger partial charge in [0.05, 0.1) is 11.1 Å². The molecule has 1 aromatic rings. The molecular formula is C14H20BrNO3. The third-order valence-corrected chi connectivity index (χ3v) is 3.71. The van der Waals surface area contributed by atoms with E-state index in [9.17, 15) is 5.11 Å². The molecule has 2 rings (SSSR count). The largest absolute Gasteiger partial charge is 0.490 e. The number of halogens is 1. The Morgan fingerprint density at radius 3 is 3.11 bits per heavy atom. The van der Waals surface area contributed by atoms with Crippen molar-refractivity contribution in [3.05, 3.63) is 28.2 Å². The molecule has 0 aliphatic carbocycles. The molecule has 0 radical (unpaired) electrons. The lowest BCUT2D eigenvalue weighted by Crippen LogP contribution is -2.38. The normalized spacial score (nSPS) is 20.5. The zero-order valence-electron chi connectivity index (χ0n) is 11.1. The Balaban J connectivity index is 1.71. The summed E-state index contributed by atoms with van der Waals surface area (Å²) in [6.07, 6.45) is 0.491. The lowest BCUT2D eigenvalue weighted by Gasteiger charge is -2.16. The Morgan fingerprint density at radius 1 is 1.58 bits per heavy atom. The Hall–Kier alpha value is -0.620. The molecule has 2 atom stereocenters. The van der Waals surface area contributed by atoms with Crippen molar-refractivity contribution in [3.63, 3.8) is 0 Å². The maximum absolute atomic E-state index is 9.87. The molecule has 1 fully saturated rings. The first-order valence-corrected chi connectivity index (χ1v) is 7.32. The minimum atomic E-state index is -0.520. The zero-order valence-corrected chi connectivity index (χ0v) is 12.6. The fourth-order valence-electron chi connectivity index (χ4n) is 1.97. The van der Waals surface area contributed by atoms with Gasteiger partial charge in [0.15, 0.2) is 0 Å². The summed E-state index contributed by atoms with van der Waals surface area (Å²) < 4.78 is 11.8. The van der Waals surface area contributed by atoms with Crippen LogP contribution in [0.5, 0.6) is 5.75 Å². The predicted molar refractivity (Wildman–Crippen MR) is 77.6 cm³/mol. The monoisotopic (exact) mass is 329 g/mol. The second kappa shape index (κ2) is 7.24. The van der Waals surface area contributed by atoms with Crippen LogP contribution in [0.2, 0.25) is 0 Å². The molecule has 5 heteroatoms. The number of aliphatic hydroxyl groups excluding tert-OH is 1. The van der Waals surface area contributed by atoms with Crippen LogP contribution in [0.25, 0.3) is 0 Å². The van der Waals surface area contributed by atoms with Crippen molar-refractivity contribution in [1.29, 1.82) is 0 Å². The highest BCUT2D eigenvalue weighted by atomic mass is 79.9. The number of aliphatic hydroxyl groups is 1. The van der Waals surface area contributed by atoms with Crippen molar-refractivity contribution in [3.8, 4) is 5.75 Å². The van der Waals surface area contributed by atoms with Gasteiger partial charge in [-0.3, -0.25) is 0 Å². The molecule has 106 valence electrons. The molecule has 0 aromatic heterocycles. The molecule has 0 spiro atoms. The maximum Gasteiger partial charge on any atom is 0.133 e. The molecule has 0 bridgehead atoms. The van der Waals surface area contributed by atoms with Crippen LogP contribution in [-0.4, -0.2) is 43.6 Å². The highest BCUT2D eigenvalue weighted by Crippen LogP contribution is 2.25. The third-order valence-electron chi connectivity index (χ3n) is 3.09. The minimum absolute atomic E-state index is 0.280. The fraction of sp³-hybridized carbons (Fsp3) is 0.571. The van der Waals surface area contributed by atoms with Crippen molar-refractivity contribution in [2.45, 2.75) is 25.5 Å². The Kier molecular flexibility index (Phi) is 5.63. The summed E-state index contributed by atoms with van der Waals surface area (Å²) in [6, 6.07) is 6.25. The first-order valence-electron chi connectivity index (χ1n) is 6.53. The van der Waals surface area contributed by atoms with Gasteiger partial charge < -0.3 is 19.9 Å². The molecule has 1 heterocycles. The van der Waals surface area contributed by atoms with E-state index in [2.05, 4.69) is 21.2 Å². The van der Waals surface area contributed by atoms with Gasteiger partial charge in [-0.25, -0.2) is 0 Å². The summed E-state index contributed by atoms with van der Waals surface area (Å²) in [6.45, 7) is 4.37. The van der Waals surface area contributed by atoms with Crippen molar-refractivity contribution in [1.82, 2.24) is 5.32 Å². The number of rotatable bonds is 6. The molecule has 2 N–H and O–H groups in total. The van der Waals surface area contributed by atoms with Crippen LogP contribution in [0.4, 0.5) is 0 Å². The summed E-state index contributed by atoms with van der Waals surface area (Å²) in [5.74, 6) is 0.758. The van der Waals surface area contributed by atoms with Gasteiger partial charge in [-0.2, -0.15) is 0 Å². The van der Waals surface area contributed by atoms with E-state index in [0.29, 0.717) is 12.6 Å². The van der Waals surface area contributed by atoms with E-state index in [0.717, 1.165) is 29.9 Å². The summed E-state index contributed by atoms with van der Waals surface area (Å²) in [4.78, 5) is 0. The molecule has 4 nitrogen and oxygen atoms in total. The van der Waals surface area contributed by atoms with E-state index in [1.54, 1.807) is 0 Å². The first-order chi connectivity index (χ1) is 9.15. The number of nitrogens with one attached hydrogen (secondary N) is 1. The molecule has 0 amide bonds. The number of aryl methyl sites for hydroxylation is 1.